The van der Waals surface area contributed by atoms with Crippen LogP contribution in [0, 0.1) is 5.92 Å². The van der Waals surface area contributed by atoms with E-state index in [9.17, 15) is 0 Å². The van der Waals surface area contributed by atoms with Gasteiger partial charge in [0.1, 0.15) is 0 Å². The monoisotopic (exact) mass is 260 g/mol. The zero-order chi connectivity index (χ0) is 13.1. The third kappa shape index (κ3) is 2.71. The van der Waals surface area contributed by atoms with E-state index in [4.69, 9.17) is 4.52 Å². The Hall–Kier alpha value is -1.62. The van der Waals surface area contributed by atoms with E-state index in [1.807, 2.05) is 25.4 Å². The van der Waals surface area contributed by atoms with E-state index < -0.39 is 0 Å². The van der Waals surface area contributed by atoms with Gasteiger partial charge in [0.15, 0.2) is 0 Å². The van der Waals surface area contributed by atoms with Crippen LogP contribution >= 0.6 is 0 Å². The lowest BCUT2D eigenvalue weighted by Gasteiger charge is -2.30. The number of hydrogen-bond donors (Lipinski definition) is 2. The number of nitrogens with one attached hydrogen (secondary N) is 2. The predicted octanol–water partition coefficient (Wildman–Crippen LogP) is 2.39. The Balaban J connectivity index is 1.69. The Labute approximate surface area is 112 Å². The molecule has 2 unspecified atom stereocenters. The molecule has 2 aromatic heterocycles. The molecule has 1 saturated carbocycles. The molecule has 19 heavy (non-hydrogen) atoms. The molecule has 3 rings (SSSR count). The van der Waals surface area contributed by atoms with E-state index >= 15 is 0 Å². The smallest absolute Gasteiger partial charge is 0.227 e. The molecule has 2 N–H and O–H groups in total. The normalized spacial score (nSPS) is 23.6. The van der Waals surface area contributed by atoms with Gasteiger partial charge in [-0.1, -0.05) is 18.0 Å². The molecule has 1 fully saturated rings. The molecular formula is C14H20N4O. The molecule has 0 bridgehead atoms. The average molecular weight is 260 g/mol. The Kier molecular flexibility index (Phi) is 3.64. The zero-order valence-electron chi connectivity index (χ0n) is 11.2. The summed E-state index contributed by atoms with van der Waals surface area (Å²) in [4.78, 5) is 7.57. The van der Waals surface area contributed by atoms with Gasteiger partial charge < -0.3 is 14.8 Å². The summed E-state index contributed by atoms with van der Waals surface area (Å²) < 4.78 is 5.38. The summed E-state index contributed by atoms with van der Waals surface area (Å²) in [6, 6.07) is 4.46. The minimum atomic E-state index is 0.578. The molecule has 2 heterocycles. The second-order valence-corrected chi connectivity index (χ2v) is 5.24. The summed E-state index contributed by atoms with van der Waals surface area (Å²) in [5.74, 6) is 2.00. The largest absolute Gasteiger partial charge is 0.359 e. The maximum absolute atomic E-state index is 5.38. The molecule has 102 valence electrons. The molecule has 0 spiro atoms. The lowest BCUT2D eigenvalue weighted by atomic mass is 9.82. The summed E-state index contributed by atoms with van der Waals surface area (Å²) in [5, 5.41) is 7.45. The molecule has 0 saturated heterocycles. The van der Waals surface area contributed by atoms with Crippen molar-refractivity contribution in [3.05, 3.63) is 24.2 Å². The summed E-state index contributed by atoms with van der Waals surface area (Å²) in [6.07, 6.45) is 7.85. The van der Waals surface area contributed by atoms with E-state index in [1.165, 1.54) is 25.7 Å². The minimum Gasteiger partial charge on any atom is -0.359 e. The lowest BCUT2D eigenvalue weighted by Crippen LogP contribution is -2.37. The number of nitrogens with zero attached hydrogens (tertiary/aromatic N) is 2. The molecule has 1 aliphatic rings. The van der Waals surface area contributed by atoms with Crippen LogP contribution in [0.15, 0.2) is 22.9 Å². The maximum Gasteiger partial charge on any atom is 0.227 e. The van der Waals surface area contributed by atoms with Crippen molar-refractivity contribution in [1.82, 2.24) is 20.4 Å². The molecule has 0 amide bonds. The molecular weight excluding hydrogens is 240 g/mol. The highest BCUT2D eigenvalue weighted by molar-refractivity contribution is 5.47. The third-order valence-electron chi connectivity index (χ3n) is 4.02. The fourth-order valence-electron chi connectivity index (χ4n) is 2.97. The van der Waals surface area contributed by atoms with Crippen LogP contribution in [-0.2, 0) is 6.42 Å². The van der Waals surface area contributed by atoms with Crippen molar-refractivity contribution in [3.8, 4) is 11.5 Å². The van der Waals surface area contributed by atoms with Crippen LogP contribution < -0.4 is 5.32 Å². The molecule has 1 aliphatic carbocycles. The first-order chi connectivity index (χ1) is 9.36. The fraction of sp³-hybridized carbons (Fsp3) is 0.571. The number of aromatic nitrogens is 3. The zero-order valence-corrected chi connectivity index (χ0v) is 11.2. The first-order valence-electron chi connectivity index (χ1n) is 7.00. The predicted molar refractivity (Wildman–Crippen MR) is 72.6 cm³/mol. The van der Waals surface area contributed by atoms with Crippen LogP contribution in [0.25, 0.3) is 11.5 Å². The standard InChI is InChI=1S/C14H20N4O/c1-15-11-6-3-2-5-10(11)9-13-17-14(18-19-13)12-7-4-8-16-12/h4,7-8,10-11,15-16H,2-3,5-6,9H2,1H3. The van der Waals surface area contributed by atoms with Gasteiger partial charge in [-0.2, -0.15) is 4.98 Å². The van der Waals surface area contributed by atoms with Crippen molar-refractivity contribution in [3.63, 3.8) is 0 Å². The molecule has 0 aliphatic heterocycles. The van der Waals surface area contributed by atoms with E-state index in [0.29, 0.717) is 17.8 Å². The van der Waals surface area contributed by atoms with Crippen molar-refractivity contribution >= 4 is 0 Å². The van der Waals surface area contributed by atoms with Crippen molar-refractivity contribution < 1.29 is 4.52 Å². The summed E-state index contributed by atoms with van der Waals surface area (Å²) in [7, 11) is 2.04. The Morgan fingerprint density at radius 1 is 1.42 bits per heavy atom. The lowest BCUT2D eigenvalue weighted by molar-refractivity contribution is 0.248. The van der Waals surface area contributed by atoms with Gasteiger partial charge in [-0.25, -0.2) is 0 Å². The third-order valence-corrected chi connectivity index (χ3v) is 4.02. The number of hydrogen-bond acceptors (Lipinski definition) is 4. The van der Waals surface area contributed by atoms with Gasteiger partial charge >= 0.3 is 0 Å². The molecule has 2 aromatic rings. The average Bonchev–Trinajstić information content (AvgIpc) is 3.09. The van der Waals surface area contributed by atoms with Crippen molar-refractivity contribution in [2.24, 2.45) is 5.92 Å². The van der Waals surface area contributed by atoms with Gasteiger partial charge in [0, 0.05) is 18.7 Å². The quantitative estimate of drug-likeness (QED) is 0.885. The van der Waals surface area contributed by atoms with Crippen molar-refractivity contribution in [2.45, 2.75) is 38.1 Å². The van der Waals surface area contributed by atoms with Crippen molar-refractivity contribution in [2.75, 3.05) is 7.05 Å². The van der Waals surface area contributed by atoms with Crippen LogP contribution in [0.1, 0.15) is 31.6 Å². The van der Waals surface area contributed by atoms with Gasteiger partial charge in [0.25, 0.3) is 0 Å². The van der Waals surface area contributed by atoms with Gasteiger partial charge in [0.05, 0.1) is 5.69 Å². The van der Waals surface area contributed by atoms with E-state index in [1.54, 1.807) is 0 Å². The summed E-state index contributed by atoms with van der Waals surface area (Å²) in [5.41, 5.74) is 0.906. The topological polar surface area (TPSA) is 66.7 Å². The van der Waals surface area contributed by atoms with E-state index in [-0.39, 0.29) is 0 Å². The summed E-state index contributed by atoms with van der Waals surface area (Å²) in [6.45, 7) is 0. The number of aromatic amines is 1. The van der Waals surface area contributed by atoms with Gasteiger partial charge in [-0.05, 0) is 37.9 Å². The Morgan fingerprint density at radius 3 is 3.11 bits per heavy atom. The SMILES string of the molecule is CNC1CCCCC1Cc1nc(-c2ccc[nH]2)no1. The maximum atomic E-state index is 5.38. The van der Waals surface area contributed by atoms with Crippen LogP contribution in [0.2, 0.25) is 0 Å². The molecule has 5 nitrogen and oxygen atoms in total. The van der Waals surface area contributed by atoms with Crippen LogP contribution in [0.3, 0.4) is 0 Å². The highest BCUT2D eigenvalue weighted by atomic mass is 16.5. The van der Waals surface area contributed by atoms with E-state index in [0.717, 1.165) is 18.0 Å². The molecule has 0 radical (unpaired) electrons. The van der Waals surface area contributed by atoms with Crippen LogP contribution in [0.4, 0.5) is 0 Å². The van der Waals surface area contributed by atoms with Crippen LogP contribution in [-0.4, -0.2) is 28.2 Å². The second-order valence-electron chi connectivity index (χ2n) is 5.24. The van der Waals surface area contributed by atoms with Crippen LogP contribution in [0.5, 0.6) is 0 Å². The highest BCUT2D eigenvalue weighted by Gasteiger charge is 2.26. The molecule has 2 atom stereocenters. The van der Waals surface area contributed by atoms with E-state index in [2.05, 4.69) is 20.4 Å². The van der Waals surface area contributed by atoms with Gasteiger partial charge in [-0.15, -0.1) is 0 Å². The first kappa shape index (κ1) is 12.4. The fourth-order valence-corrected chi connectivity index (χ4v) is 2.97. The number of H-pyrrole nitrogens is 1. The minimum absolute atomic E-state index is 0.578. The number of rotatable bonds is 4. The van der Waals surface area contributed by atoms with Crippen molar-refractivity contribution in [1.29, 1.82) is 0 Å². The Morgan fingerprint density at radius 2 is 2.32 bits per heavy atom. The summed E-state index contributed by atoms with van der Waals surface area (Å²) >= 11 is 0. The molecule has 0 aromatic carbocycles. The Bertz CT molecular complexity index is 505. The second kappa shape index (κ2) is 5.57. The molecule has 5 heteroatoms. The van der Waals surface area contributed by atoms with Gasteiger partial charge in [-0.3, -0.25) is 0 Å². The van der Waals surface area contributed by atoms with Gasteiger partial charge in [0.2, 0.25) is 11.7 Å². The highest BCUT2D eigenvalue weighted by Crippen LogP contribution is 2.27. The first-order valence-corrected chi connectivity index (χ1v) is 7.00.